The van der Waals surface area contributed by atoms with E-state index in [-0.39, 0.29) is 16.7 Å². The van der Waals surface area contributed by atoms with E-state index >= 15 is 0 Å². The molecule has 1 aromatic heterocycles. The zero-order chi connectivity index (χ0) is 19.8. The minimum atomic E-state index is -0.122. The van der Waals surface area contributed by atoms with Gasteiger partial charge in [-0.15, -0.1) is 0 Å². The summed E-state index contributed by atoms with van der Waals surface area (Å²) in [5, 5.41) is 1.65. The summed E-state index contributed by atoms with van der Waals surface area (Å²) in [4.78, 5) is 31.1. The summed E-state index contributed by atoms with van der Waals surface area (Å²) in [5.41, 5.74) is 2.35. The number of Topliss-reactive ketones (excluding diaryl/α,β-unsaturated/α-hetero) is 1. The highest BCUT2D eigenvalue weighted by Crippen LogP contribution is 2.38. The Morgan fingerprint density at radius 3 is 2.43 bits per heavy atom. The van der Waals surface area contributed by atoms with Gasteiger partial charge in [-0.1, -0.05) is 53.0 Å². The van der Waals surface area contributed by atoms with Crippen molar-refractivity contribution in [1.29, 1.82) is 0 Å². The average Bonchev–Trinajstić information content (AvgIpc) is 2.71. The Morgan fingerprint density at radius 1 is 0.964 bits per heavy atom. The van der Waals surface area contributed by atoms with Crippen molar-refractivity contribution in [3.05, 3.63) is 63.1 Å². The van der Waals surface area contributed by atoms with Crippen molar-refractivity contribution in [2.45, 2.75) is 12.8 Å². The Hall–Kier alpha value is -2.14. The highest BCUT2D eigenvalue weighted by Gasteiger charge is 2.24. The van der Waals surface area contributed by atoms with Gasteiger partial charge in [0.15, 0.2) is 0 Å². The number of carbonyl (C=O) groups is 2. The molecule has 1 amide bonds. The van der Waals surface area contributed by atoms with E-state index in [0.29, 0.717) is 58.3 Å². The van der Waals surface area contributed by atoms with E-state index in [1.54, 1.807) is 23.1 Å². The minimum Gasteiger partial charge on any atom is -0.338 e. The number of nitrogens with zero attached hydrogens (tertiary/aromatic N) is 2. The zero-order valence-electron chi connectivity index (χ0n) is 14.7. The molecule has 0 N–H and O–H groups in total. The van der Waals surface area contributed by atoms with Crippen molar-refractivity contribution < 1.29 is 9.59 Å². The fourth-order valence-electron chi connectivity index (χ4n) is 3.34. The van der Waals surface area contributed by atoms with Gasteiger partial charge in [-0.25, -0.2) is 4.98 Å². The number of aromatic nitrogens is 1. The van der Waals surface area contributed by atoms with Gasteiger partial charge in [-0.05, 0) is 24.3 Å². The van der Waals surface area contributed by atoms with Crippen LogP contribution >= 0.6 is 34.8 Å². The Kier molecular flexibility index (Phi) is 5.28. The van der Waals surface area contributed by atoms with Crippen LogP contribution in [0.4, 0.5) is 0 Å². The number of benzene rings is 2. The Balaban J connectivity index is 1.86. The first-order chi connectivity index (χ1) is 13.5. The second kappa shape index (κ2) is 7.70. The number of carbonyl (C=O) groups excluding carboxylic acids is 2. The number of likely N-dealkylation sites (tertiary alicyclic amines) is 1. The minimum absolute atomic E-state index is 0.122. The second-order valence-electron chi connectivity index (χ2n) is 6.63. The average molecular weight is 434 g/mol. The molecule has 0 spiro atoms. The maximum Gasteiger partial charge on any atom is 0.254 e. The molecule has 1 saturated heterocycles. The normalized spacial score (nSPS) is 14.5. The molecule has 142 valence electrons. The van der Waals surface area contributed by atoms with Gasteiger partial charge in [0, 0.05) is 36.9 Å². The molecule has 0 aliphatic carbocycles. The van der Waals surface area contributed by atoms with Crippen molar-refractivity contribution in [1.82, 2.24) is 9.88 Å². The number of rotatable bonds is 2. The summed E-state index contributed by atoms with van der Waals surface area (Å²) in [7, 11) is 0. The van der Waals surface area contributed by atoms with Gasteiger partial charge in [-0.3, -0.25) is 9.59 Å². The largest absolute Gasteiger partial charge is 0.338 e. The predicted molar refractivity (Wildman–Crippen MR) is 112 cm³/mol. The van der Waals surface area contributed by atoms with Crippen molar-refractivity contribution in [3.63, 3.8) is 0 Å². The van der Waals surface area contributed by atoms with E-state index in [9.17, 15) is 9.59 Å². The van der Waals surface area contributed by atoms with Crippen molar-refractivity contribution >= 4 is 57.4 Å². The molecular weight excluding hydrogens is 419 g/mol. The van der Waals surface area contributed by atoms with Crippen LogP contribution in [0, 0.1) is 0 Å². The van der Waals surface area contributed by atoms with Gasteiger partial charge < -0.3 is 4.90 Å². The molecule has 7 heteroatoms. The second-order valence-corrected chi connectivity index (χ2v) is 7.79. The third-order valence-electron chi connectivity index (χ3n) is 4.87. The van der Waals surface area contributed by atoms with Crippen LogP contribution in [0.15, 0.2) is 42.5 Å². The molecule has 28 heavy (non-hydrogen) atoms. The Labute approximate surface area is 177 Å². The van der Waals surface area contributed by atoms with Gasteiger partial charge in [0.25, 0.3) is 5.91 Å². The molecule has 2 heterocycles. The monoisotopic (exact) mass is 432 g/mol. The molecule has 1 aliphatic heterocycles. The first-order valence-corrected chi connectivity index (χ1v) is 9.93. The highest BCUT2D eigenvalue weighted by atomic mass is 35.5. The molecule has 0 radical (unpaired) electrons. The number of fused-ring (bicyclic) bond motifs is 1. The SMILES string of the molecule is O=C1CCN(C(=O)c2cc(-c3ccc(Cl)c(Cl)c3Cl)nc3ccccc23)CC1. The van der Waals surface area contributed by atoms with Crippen LogP contribution in [0.5, 0.6) is 0 Å². The molecule has 3 aromatic rings. The fraction of sp³-hybridized carbons (Fsp3) is 0.190. The molecule has 2 aromatic carbocycles. The maximum atomic E-state index is 13.2. The van der Waals surface area contributed by atoms with Crippen LogP contribution in [0.2, 0.25) is 15.1 Å². The summed E-state index contributed by atoms with van der Waals surface area (Å²) in [5.74, 6) is 0.0652. The molecular formula is C21H15Cl3N2O2. The summed E-state index contributed by atoms with van der Waals surface area (Å²) in [6, 6.07) is 12.6. The Bertz CT molecular complexity index is 1100. The van der Waals surface area contributed by atoms with E-state index in [4.69, 9.17) is 34.8 Å². The lowest BCUT2D eigenvalue weighted by atomic mass is 10.0. The quantitative estimate of drug-likeness (QED) is 0.489. The first-order valence-electron chi connectivity index (χ1n) is 8.80. The van der Waals surface area contributed by atoms with Crippen molar-refractivity contribution in [2.24, 2.45) is 0 Å². The van der Waals surface area contributed by atoms with Crippen LogP contribution < -0.4 is 0 Å². The number of halogens is 3. The lowest BCUT2D eigenvalue weighted by Crippen LogP contribution is -2.38. The molecule has 4 nitrogen and oxygen atoms in total. The first kappa shape index (κ1) is 19.2. The maximum absolute atomic E-state index is 13.2. The summed E-state index contributed by atoms with van der Waals surface area (Å²) in [6.07, 6.45) is 0.778. The van der Waals surface area contributed by atoms with E-state index in [1.807, 2.05) is 24.3 Å². The molecule has 1 aliphatic rings. The number of hydrogen-bond acceptors (Lipinski definition) is 3. The lowest BCUT2D eigenvalue weighted by molar-refractivity contribution is -0.120. The van der Waals surface area contributed by atoms with Crippen LogP contribution in [0.1, 0.15) is 23.2 Å². The van der Waals surface area contributed by atoms with E-state index in [1.165, 1.54) is 0 Å². The molecule has 0 bridgehead atoms. The number of piperidine rings is 1. The van der Waals surface area contributed by atoms with E-state index in [0.717, 1.165) is 5.39 Å². The number of ketones is 1. The van der Waals surface area contributed by atoms with Gasteiger partial charge in [-0.2, -0.15) is 0 Å². The van der Waals surface area contributed by atoms with Crippen molar-refractivity contribution in [2.75, 3.05) is 13.1 Å². The van der Waals surface area contributed by atoms with Crippen molar-refractivity contribution in [3.8, 4) is 11.3 Å². The van der Waals surface area contributed by atoms with Crippen LogP contribution in [-0.2, 0) is 4.79 Å². The number of hydrogen-bond donors (Lipinski definition) is 0. The number of pyridine rings is 1. The molecule has 0 atom stereocenters. The van der Waals surface area contributed by atoms with Gasteiger partial charge in [0.05, 0.1) is 31.8 Å². The summed E-state index contributed by atoms with van der Waals surface area (Å²) >= 11 is 18.6. The van der Waals surface area contributed by atoms with Crippen LogP contribution in [0.3, 0.4) is 0 Å². The van der Waals surface area contributed by atoms with Gasteiger partial charge in [0.1, 0.15) is 5.78 Å². The molecule has 0 unspecified atom stereocenters. The van der Waals surface area contributed by atoms with Gasteiger partial charge in [0.2, 0.25) is 0 Å². The fourth-order valence-corrected chi connectivity index (χ4v) is 3.98. The summed E-state index contributed by atoms with van der Waals surface area (Å²) < 4.78 is 0. The number of para-hydroxylation sites is 1. The van der Waals surface area contributed by atoms with E-state index < -0.39 is 0 Å². The standard InChI is InChI=1S/C21H15Cl3N2O2/c22-16-6-5-14(19(23)20(16)24)18-11-15(13-3-1-2-4-17(13)25-18)21(28)26-9-7-12(27)8-10-26/h1-6,11H,7-10H2. The molecule has 1 fully saturated rings. The lowest BCUT2D eigenvalue weighted by Gasteiger charge is -2.26. The summed E-state index contributed by atoms with van der Waals surface area (Å²) in [6.45, 7) is 0.856. The predicted octanol–water partition coefficient (Wildman–Crippen LogP) is 5.67. The molecule has 4 rings (SSSR count). The van der Waals surface area contributed by atoms with Gasteiger partial charge >= 0.3 is 0 Å². The van der Waals surface area contributed by atoms with Crippen LogP contribution in [-0.4, -0.2) is 34.7 Å². The smallest absolute Gasteiger partial charge is 0.254 e. The Morgan fingerprint density at radius 2 is 1.68 bits per heavy atom. The van der Waals surface area contributed by atoms with E-state index in [2.05, 4.69) is 4.98 Å². The highest BCUT2D eigenvalue weighted by molar-refractivity contribution is 6.49. The molecule has 0 saturated carbocycles. The zero-order valence-corrected chi connectivity index (χ0v) is 17.0. The third-order valence-corrected chi connectivity index (χ3v) is 6.16. The topological polar surface area (TPSA) is 50.3 Å². The van der Waals surface area contributed by atoms with Crippen LogP contribution in [0.25, 0.3) is 22.2 Å². The number of amides is 1. The third kappa shape index (κ3) is 3.48.